The van der Waals surface area contributed by atoms with Crippen molar-refractivity contribution in [3.8, 4) is 0 Å². The number of rotatable bonds is 36. The normalized spacial score (nSPS) is 13.3. The van der Waals surface area contributed by atoms with Gasteiger partial charge in [0.25, 0.3) is 0 Å². The Labute approximate surface area is 347 Å². The second kappa shape index (κ2) is 41.6. The van der Waals surface area contributed by atoms with E-state index < -0.39 is 20.8 Å². The SMILES string of the molecule is CCCC/C=C/C(CCCCCCCCCCCC)COS(=O)(=O)[O-].CCCC/C=C/C(CCCCCCCCCCCC)COS(=O)(=O)[O-].[Ca+2]. The monoisotopic (exact) mass is 790 g/mol. The Hall–Kier alpha value is 0.480. The van der Waals surface area contributed by atoms with Crippen LogP contribution in [0.2, 0.25) is 0 Å². The molecule has 0 aromatic rings. The van der Waals surface area contributed by atoms with E-state index in [4.69, 9.17) is 0 Å². The molecule has 2 atom stereocenters. The molecule has 0 aromatic heterocycles. The molecular formula is C40H78CaO8S2. The van der Waals surface area contributed by atoms with E-state index in [0.29, 0.717) is 0 Å². The summed E-state index contributed by atoms with van der Waals surface area (Å²) in [6.07, 6.45) is 42.1. The molecule has 2 unspecified atom stereocenters. The first-order valence-electron chi connectivity index (χ1n) is 20.5. The molecule has 0 rings (SSSR count). The maximum atomic E-state index is 10.7. The Morgan fingerprint density at radius 2 is 0.686 bits per heavy atom. The molecule has 0 saturated heterocycles. The summed E-state index contributed by atoms with van der Waals surface area (Å²) in [4.78, 5) is 0. The molecule has 0 aliphatic rings. The maximum absolute atomic E-state index is 10.7. The van der Waals surface area contributed by atoms with Gasteiger partial charge in [0.15, 0.2) is 0 Å². The van der Waals surface area contributed by atoms with Crippen LogP contribution in [0.4, 0.5) is 0 Å². The van der Waals surface area contributed by atoms with Gasteiger partial charge >= 0.3 is 37.7 Å². The van der Waals surface area contributed by atoms with E-state index in [1.807, 2.05) is 12.2 Å². The van der Waals surface area contributed by atoms with Crippen molar-refractivity contribution >= 4 is 58.5 Å². The van der Waals surface area contributed by atoms with Gasteiger partial charge in [-0.3, -0.25) is 8.37 Å². The second-order valence-corrected chi connectivity index (χ2v) is 16.1. The first-order valence-corrected chi connectivity index (χ1v) is 23.2. The van der Waals surface area contributed by atoms with Crippen molar-refractivity contribution in [3.63, 3.8) is 0 Å². The zero-order chi connectivity index (χ0) is 37.6. The number of hydrogen-bond acceptors (Lipinski definition) is 8. The summed E-state index contributed by atoms with van der Waals surface area (Å²) in [5.74, 6) is 0.0456. The number of hydrogen-bond donors (Lipinski definition) is 0. The van der Waals surface area contributed by atoms with Crippen molar-refractivity contribution < 1.29 is 34.3 Å². The van der Waals surface area contributed by atoms with Crippen LogP contribution in [0.25, 0.3) is 0 Å². The quantitative estimate of drug-likeness (QED) is 0.0201. The largest absolute Gasteiger partial charge is 2.00 e. The van der Waals surface area contributed by atoms with E-state index in [2.05, 4.69) is 48.2 Å². The van der Waals surface area contributed by atoms with E-state index in [1.165, 1.54) is 116 Å². The van der Waals surface area contributed by atoms with Crippen LogP contribution >= 0.6 is 0 Å². The molecule has 0 spiro atoms. The molecule has 0 bridgehead atoms. The fraction of sp³-hybridized carbons (Fsp3) is 0.900. The first-order chi connectivity index (χ1) is 24.0. The summed E-state index contributed by atoms with van der Waals surface area (Å²) < 4.78 is 72.8. The van der Waals surface area contributed by atoms with E-state index in [1.54, 1.807) is 0 Å². The van der Waals surface area contributed by atoms with E-state index in [0.717, 1.165) is 64.2 Å². The van der Waals surface area contributed by atoms with Crippen molar-refractivity contribution in [3.05, 3.63) is 24.3 Å². The zero-order valence-electron chi connectivity index (χ0n) is 33.5. The van der Waals surface area contributed by atoms with E-state index >= 15 is 0 Å². The fourth-order valence-electron chi connectivity index (χ4n) is 5.82. The molecule has 0 heterocycles. The average molecular weight is 791 g/mol. The summed E-state index contributed by atoms with van der Waals surface area (Å²) in [5.41, 5.74) is 0. The summed E-state index contributed by atoms with van der Waals surface area (Å²) in [6.45, 7) is 8.72. The summed E-state index contributed by atoms with van der Waals surface area (Å²) >= 11 is 0. The van der Waals surface area contributed by atoms with Crippen molar-refractivity contribution in [2.24, 2.45) is 11.8 Å². The van der Waals surface area contributed by atoms with Crippen molar-refractivity contribution in [1.29, 1.82) is 0 Å². The van der Waals surface area contributed by atoms with Gasteiger partial charge in [0.05, 0.1) is 13.2 Å². The summed E-state index contributed by atoms with van der Waals surface area (Å²) in [5, 5.41) is 0. The predicted molar refractivity (Wildman–Crippen MR) is 214 cm³/mol. The van der Waals surface area contributed by atoms with Crippen LogP contribution in [0, 0.1) is 11.8 Å². The third kappa shape index (κ3) is 50.5. The first kappa shape index (κ1) is 55.8. The minimum Gasteiger partial charge on any atom is -0.726 e. The van der Waals surface area contributed by atoms with Gasteiger partial charge in [-0.05, 0) is 25.7 Å². The number of allylic oxidation sites excluding steroid dienone is 2. The fourth-order valence-corrected chi connectivity index (χ4v) is 6.50. The van der Waals surface area contributed by atoms with Crippen LogP contribution in [0.1, 0.15) is 207 Å². The Balaban J connectivity index is -0.000000886. The molecule has 8 nitrogen and oxygen atoms in total. The van der Waals surface area contributed by atoms with Crippen LogP contribution < -0.4 is 0 Å². The van der Waals surface area contributed by atoms with Gasteiger partial charge in [0.2, 0.25) is 20.8 Å². The molecule has 0 fully saturated rings. The van der Waals surface area contributed by atoms with Gasteiger partial charge in [-0.2, -0.15) is 0 Å². The molecule has 300 valence electrons. The van der Waals surface area contributed by atoms with Crippen LogP contribution in [0.15, 0.2) is 24.3 Å². The molecule has 0 aliphatic heterocycles. The van der Waals surface area contributed by atoms with Gasteiger partial charge in [-0.15, -0.1) is 0 Å². The van der Waals surface area contributed by atoms with Gasteiger partial charge in [0.1, 0.15) is 0 Å². The second-order valence-electron chi connectivity index (χ2n) is 14.0. The predicted octanol–water partition coefficient (Wildman–Crippen LogP) is 11.9. The summed E-state index contributed by atoms with van der Waals surface area (Å²) in [7, 11) is -9.18. The molecule has 0 radical (unpaired) electrons. The van der Waals surface area contributed by atoms with Crippen LogP contribution in [0.3, 0.4) is 0 Å². The molecule has 0 N–H and O–H groups in total. The zero-order valence-corrected chi connectivity index (χ0v) is 37.3. The molecule has 0 amide bonds. The topological polar surface area (TPSA) is 133 Å². The van der Waals surface area contributed by atoms with Gasteiger partial charge in [0, 0.05) is 11.8 Å². The molecule has 0 saturated carbocycles. The summed E-state index contributed by atoms with van der Waals surface area (Å²) in [6, 6.07) is 0. The molecule has 0 aliphatic carbocycles. The molecule has 11 heteroatoms. The molecule has 51 heavy (non-hydrogen) atoms. The van der Waals surface area contributed by atoms with Crippen molar-refractivity contribution in [2.45, 2.75) is 207 Å². The van der Waals surface area contributed by atoms with Crippen molar-refractivity contribution in [2.75, 3.05) is 13.2 Å². The van der Waals surface area contributed by atoms with Crippen molar-refractivity contribution in [1.82, 2.24) is 0 Å². The Kier molecular flexibility index (Phi) is 45.6. The van der Waals surface area contributed by atoms with Gasteiger partial charge in [-0.25, -0.2) is 16.8 Å². The Bertz CT molecular complexity index is 893. The van der Waals surface area contributed by atoms with E-state index in [9.17, 15) is 25.9 Å². The average Bonchev–Trinajstić information content (AvgIpc) is 3.06. The number of unbranched alkanes of at least 4 members (excludes halogenated alkanes) is 22. The van der Waals surface area contributed by atoms with Crippen LogP contribution in [-0.2, 0) is 29.2 Å². The minimum atomic E-state index is -4.59. The molecular weight excluding hydrogens is 713 g/mol. The molecule has 0 aromatic carbocycles. The standard InChI is InChI=1S/2C20H40O4S.Ca/c2*1-3-5-7-9-10-11-12-13-14-16-18-20(17-15-8-6-4-2)19-24-25(21,22)23;/h2*15,17,20H,3-14,16,18-19H2,1-2H3,(H,21,22,23);/q;;+2/p-2/b2*17-15+;. The van der Waals surface area contributed by atoms with Gasteiger partial charge in [-0.1, -0.05) is 206 Å². The van der Waals surface area contributed by atoms with E-state index in [-0.39, 0.29) is 62.8 Å². The third-order valence-corrected chi connectivity index (χ3v) is 9.82. The van der Waals surface area contributed by atoms with Gasteiger partial charge < -0.3 is 9.11 Å². The maximum Gasteiger partial charge on any atom is 2.00 e. The Morgan fingerprint density at radius 1 is 0.431 bits per heavy atom. The van der Waals surface area contributed by atoms with Crippen LogP contribution in [0.5, 0.6) is 0 Å². The third-order valence-electron chi connectivity index (χ3n) is 8.98. The van der Waals surface area contributed by atoms with Crippen LogP contribution in [-0.4, -0.2) is 76.9 Å². The smallest absolute Gasteiger partial charge is 0.726 e. The Morgan fingerprint density at radius 3 is 0.941 bits per heavy atom. The minimum absolute atomic E-state index is 0.